The number of hydrogen-bond acceptors (Lipinski definition) is 4. The van der Waals surface area contributed by atoms with Crippen molar-refractivity contribution in [2.75, 3.05) is 5.32 Å². The Morgan fingerprint density at radius 3 is 2.82 bits per heavy atom. The fourth-order valence-corrected chi connectivity index (χ4v) is 6.00. The summed E-state index contributed by atoms with van der Waals surface area (Å²) in [7, 11) is 0. The van der Waals surface area contributed by atoms with E-state index in [4.69, 9.17) is 11.6 Å². The number of anilines is 1. The van der Waals surface area contributed by atoms with Gasteiger partial charge in [-0.2, -0.15) is 5.10 Å². The van der Waals surface area contributed by atoms with E-state index in [1.165, 1.54) is 10.4 Å². The molecule has 7 heteroatoms. The normalized spacial score (nSPS) is 20.9. The van der Waals surface area contributed by atoms with E-state index in [9.17, 15) is 4.79 Å². The van der Waals surface area contributed by atoms with Crippen molar-refractivity contribution in [1.82, 2.24) is 15.1 Å². The minimum atomic E-state index is -0.387. The summed E-state index contributed by atoms with van der Waals surface area (Å²) >= 11 is 8.42. The van der Waals surface area contributed by atoms with Crippen LogP contribution in [-0.2, 0) is 12.8 Å². The number of benzene rings is 1. The zero-order chi connectivity index (χ0) is 19.4. The number of hydrogen-bond donors (Lipinski definition) is 2. The third kappa shape index (κ3) is 2.74. The van der Waals surface area contributed by atoms with Gasteiger partial charge < -0.3 is 10.6 Å². The molecule has 2 aliphatic rings. The van der Waals surface area contributed by atoms with Gasteiger partial charge in [0.2, 0.25) is 0 Å². The maximum Gasteiger partial charge on any atom is 0.256 e. The molecule has 0 saturated heterocycles. The van der Waals surface area contributed by atoms with E-state index in [-0.39, 0.29) is 12.1 Å². The number of fused-ring (bicyclic) bond motifs is 3. The highest BCUT2D eigenvalue weighted by atomic mass is 35.5. The molecule has 3 heterocycles. The number of para-hydroxylation sites is 1. The molecule has 2 N–H and O–H groups in total. The lowest BCUT2D eigenvalue weighted by Crippen LogP contribution is -2.38. The van der Waals surface area contributed by atoms with Crippen LogP contribution in [0.5, 0.6) is 0 Å². The van der Waals surface area contributed by atoms with Crippen LogP contribution in [0.2, 0.25) is 5.15 Å². The first kappa shape index (κ1) is 17.8. The zero-order valence-corrected chi connectivity index (χ0v) is 17.3. The van der Waals surface area contributed by atoms with Crippen LogP contribution in [0.4, 0.5) is 5.00 Å². The number of aromatic nitrogens is 2. The number of nitrogens with one attached hydrogen (secondary N) is 2. The van der Waals surface area contributed by atoms with E-state index < -0.39 is 0 Å². The van der Waals surface area contributed by atoms with Crippen molar-refractivity contribution >= 4 is 33.8 Å². The molecule has 1 amide bonds. The first-order chi connectivity index (χ1) is 13.5. The molecule has 0 saturated carbocycles. The second-order valence-corrected chi connectivity index (χ2v) is 9.11. The van der Waals surface area contributed by atoms with Crippen molar-refractivity contribution in [1.29, 1.82) is 0 Å². The van der Waals surface area contributed by atoms with E-state index in [1.54, 1.807) is 16.0 Å². The maximum atomic E-state index is 13.0. The summed E-state index contributed by atoms with van der Waals surface area (Å²) in [6, 6.07) is 9.78. The number of carbonyl (C=O) groups excluding carboxylic acids is 1. The van der Waals surface area contributed by atoms with Gasteiger partial charge in [-0.1, -0.05) is 36.7 Å². The smallest absolute Gasteiger partial charge is 0.256 e. The number of amides is 1. The van der Waals surface area contributed by atoms with Gasteiger partial charge in [-0.3, -0.25) is 4.79 Å². The molecule has 1 aliphatic heterocycles. The topological polar surface area (TPSA) is 59.0 Å². The first-order valence-electron chi connectivity index (χ1n) is 9.55. The number of halogens is 1. The molecule has 5 nitrogen and oxygen atoms in total. The molecule has 3 aromatic rings. The Bertz CT molecular complexity index is 1070. The molecule has 2 atom stereocenters. The molecule has 2 aromatic heterocycles. The third-order valence-corrected chi connectivity index (χ3v) is 7.18. The lowest BCUT2D eigenvalue weighted by molar-refractivity contribution is 0.0935. The largest absolute Gasteiger partial charge is 0.352 e. The lowest BCUT2D eigenvalue weighted by atomic mass is 9.88. The van der Waals surface area contributed by atoms with Crippen LogP contribution >= 0.6 is 22.9 Å². The number of rotatable bonds is 2. The third-order valence-electron chi connectivity index (χ3n) is 5.63. The van der Waals surface area contributed by atoms with Crippen molar-refractivity contribution in [3.8, 4) is 5.69 Å². The Kier molecular flexibility index (Phi) is 4.21. The Morgan fingerprint density at radius 1 is 1.25 bits per heavy atom. The molecule has 1 aliphatic carbocycles. The van der Waals surface area contributed by atoms with Crippen LogP contribution in [0.3, 0.4) is 0 Å². The molecule has 0 fully saturated rings. The van der Waals surface area contributed by atoms with Gasteiger partial charge in [0.1, 0.15) is 16.3 Å². The van der Waals surface area contributed by atoms with E-state index in [0.717, 1.165) is 46.8 Å². The predicted molar refractivity (Wildman–Crippen MR) is 113 cm³/mol. The van der Waals surface area contributed by atoms with Gasteiger partial charge in [0, 0.05) is 4.88 Å². The Morgan fingerprint density at radius 2 is 2.04 bits per heavy atom. The molecular formula is C21H21ClN4OS. The van der Waals surface area contributed by atoms with Gasteiger partial charge in [0.25, 0.3) is 5.91 Å². The van der Waals surface area contributed by atoms with Crippen molar-refractivity contribution in [2.45, 2.75) is 39.3 Å². The average molecular weight is 413 g/mol. The maximum absolute atomic E-state index is 13.0. The highest BCUT2D eigenvalue weighted by Crippen LogP contribution is 2.43. The van der Waals surface area contributed by atoms with Gasteiger partial charge in [-0.15, -0.1) is 11.3 Å². The highest BCUT2D eigenvalue weighted by Gasteiger charge is 2.35. The summed E-state index contributed by atoms with van der Waals surface area (Å²) in [6.07, 6.45) is 2.79. The van der Waals surface area contributed by atoms with Crippen molar-refractivity contribution in [3.05, 3.63) is 62.7 Å². The summed E-state index contributed by atoms with van der Waals surface area (Å²) in [5, 5.41) is 12.7. The average Bonchev–Trinajstić information content (AvgIpc) is 3.18. The minimum Gasteiger partial charge on any atom is -0.352 e. The molecular weight excluding hydrogens is 392 g/mol. The molecule has 0 spiro atoms. The number of nitrogens with zero attached hydrogens (tertiary/aromatic N) is 2. The van der Waals surface area contributed by atoms with E-state index in [0.29, 0.717) is 11.1 Å². The molecule has 144 valence electrons. The monoisotopic (exact) mass is 412 g/mol. The fourth-order valence-electron chi connectivity index (χ4n) is 4.19. The van der Waals surface area contributed by atoms with E-state index >= 15 is 0 Å². The molecule has 1 aromatic carbocycles. The van der Waals surface area contributed by atoms with Crippen LogP contribution in [0.15, 0.2) is 30.3 Å². The minimum absolute atomic E-state index is 0.0197. The Labute approximate surface area is 172 Å². The summed E-state index contributed by atoms with van der Waals surface area (Å²) in [4.78, 5) is 14.3. The van der Waals surface area contributed by atoms with Crippen molar-refractivity contribution < 1.29 is 4.79 Å². The first-order valence-corrected chi connectivity index (χ1v) is 10.7. The highest BCUT2D eigenvalue weighted by molar-refractivity contribution is 7.16. The summed E-state index contributed by atoms with van der Waals surface area (Å²) < 4.78 is 1.72. The van der Waals surface area contributed by atoms with Crippen LogP contribution in [0, 0.1) is 12.8 Å². The summed E-state index contributed by atoms with van der Waals surface area (Å²) in [5.41, 5.74) is 4.55. The van der Waals surface area contributed by atoms with Gasteiger partial charge in [0.05, 0.1) is 22.5 Å². The second-order valence-electron chi connectivity index (χ2n) is 7.64. The van der Waals surface area contributed by atoms with Crippen LogP contribution in [0.25, 0.3) is 5.69 Å². The molecule has 0 unspecified atom stereocenters. The van der Waals surface area contributed by atoms with E-state index in [1.807, 2.05) is 37.3 Å². The lowest BCUT2D eigenvalue weighted by Gasteiger charge is -2.27. The summed E-state index contributed by atoms with van der Waals surface area (Å²) in [5.74, 6) is 0.654. The molecule has 0 radical (unpaired) electrons. The number of aryl methyl sites for hydroxylation is 1. The second kappa shape index (κ2) is 6.64. The van der Waals surface area contributed by atoms with Crippen LogP contribution in [0.1, 0.15) is 51.6 Å². The van der Waals surface area contributed by atoms with Gasteiger partial charge in [0.15, 0.2) is 0 Å². The standard InChI is InChI=1S/C21H21ClN4OS/c1-11-8-9-14-15(10-11)28-21-17(14)20(27)23-19(24-21)16-12(2)25-26(18(16)22)13-6-4-3-5-7-13/h3-7,11,19,24H,8-10H2,1-2H3,(H,23,27)/t11-,19+/m0/s1. The summed E-state index contributed by atoms with van der Waals surface area (Å²) in [6.45, 7) is 4.20. The van der Waals surface area contributed by atoms with Crippen molar-refractivity contribution in [3.63, 3.8) is 0 Å². The van der Waals surface area contributed by atoms with Gasteiger partial charge >= 0.3 is 0 Å². The molecule has 28 heavy (non-hydrogen) atoms. The van der Waals surface area contributed by atoms with Crippen LogP contribution in [-0.4, -0.2) is 15.7 Å². The SMILES string of the molecule is Cc1nn(-c2ccccc2)c(Cl)c1[C@@H]1NC(=O)c2c(sc3c2CC[C@H](C)C3)N1. The van der Waals surface area contributed by atoms with E-state index in [2.05, 4.69) is 22.7 Å². The fraction of sp³-hybridized carbons (Fsp3) is 0.333. The van der Waals surface area contributed by atoms with Gasteiger partial charge in [-0.25, -0.2) is 4.68 Å². The number of carbonyl (C=O) groups is 1. The zero-order valence-electron chi connectivity index (χ0n) is 15.8. The number of thiophene rings is 1. The predicted octanol–water partition coefficient (Wildman–Crippen LogP) is 4.87. The van der Waals surface area contributed by atoms with Crippen LogP contribution < -0.4 is 10.6 Å². The van der Waals surface area contributed by atoms with Gasteiger partial charge in [-0.05, 0) is 49.8 Å². The van der Waals surface area contributed by atoms with Crippen molar-refractivity contribution in [2.24, 2.45) is 5.92 Å². The quantitative estimate of drug-likeness (QED) is 0.631. The Balaban J connectivity index is 1.53. The molecule has 0 bridgehead atoms. The molecule has 5 rings (SSSR count). The Hall–Kier alpha value is -2.31.